The number of rotatable bonds is 5. The Bertz CT molecular complexity index is 559. The Kier molecular flexibility index (Phi) is 4.59. The van der Waals surface area contributed by atoms with Crippen molar-refractivity contribution in [1.82, 2.24) is 5.32 Å². The van der Waals surface area contributed by atoms with Gasteiger partial charge in [0, 0.05) is 12.1 Å². The van der Waals surface area contributed by atoms with E-state index in [4.69, 9.17) is 9.47 Å². The Hall–Kier alpha value is -2.35. The summed E-state index contributed by atoms with van der Waals surface area (Å²) >= 11 is 0. The molecule has 8 nitrogen and oxygen atoms in total. The van der Waals surface area contributed by atoms with Crippen LogP contribution >= 0.6 is 0 Å². The maximum atomic E-state index is 11.8. The smallest absolute Gasteiger partial charge is 0.296 e. The molecule has 0 aromatic heterocycles. The van der Waals surface area contributed by atoms with Crippen LogP contribution in [0.15, 0.2) is 12.1 Å². The van der Waals surface area contributed by atoms with E-state index >= 15 is 0 Å². The molecule has 0 saturated heterocycles. The third kappa shape index (κ3) is 3.82. The number of ether oxygens (including phenoxy) is 2. The first-order chi connectivity index (χ1) is 9.97. The second-order valence-electron chi connectivity index (χ2n) is 4.85. The van der Waals surface area contributed by atoms with Gasteiger partial charge in [-0.3, -0.25) is 14.9 Å². The van der Waals surface area contributed by atoms with E-state index in [0.717, 1.165) is 0 Å². The number of hydrogen-bond acceptors (Lipinski definition) is 6. The standard InChI is InChI=1S/C13H17N3O5/c1-8(2)14-7-13(17)15-9-5-11-12(21-4-3-20-11)6-10(9)16(18)19/h5-6,8,14H,3-4,7H2,1-2H3,(H,15,17). The van der Waals surface area contributed by atoms with Gasteiger partial charge in [-0.2, -0.15) is 0 Å². The topological polar surface area (TPSA) is 103 Å². The average Bonchev–Trinajstić information content (AvgIpc) is 2.44. The molecule has 1 aliphatic heterocycles. The summed E-state index contributed by atoms with van der Waals surface area (Å²) in [6.45, 7) is 4.59. The van der Waals surface area contributed by atoms with E-state index in [1.165, 1.54) is 12.1 Å². The normalized spacial score (nSPS) is 13.1. The van der Waals surface area contributed by atoms with Crippen molar-refractivity contribution < 1.29 is 19.2 Å². The third-order valence-electron chi connectivity index (χ3n) is 2.80. The van der Waals surface area contributed by atoms with Crippen molar-refractivity contribution in [2.24, 2.45) is 0 Å². The van der Waals surface area contributed by atoms with Gasteiger partial charge in [-0.1, -0.05) is 13.8 Å². The van der Waals surface area contributed by atoms with Crippen LogP contribution in [0.4, 0.5) is 11.4 Å². The quantitative estimate of drug-likeness (QED) is 0.627. The SMILES string of the molecule is CC(C)NCC(=O)Nc1cc2c(cc1[N+](=O)[O-])OCCO2. The molecule has 0 unspecified atom stereocenters. The number of hydrogen-bond donors (Lipinski definition) is 2. The number of carbonyl (C=O) groups is 1. The third-order valence-corrected chi connectivity index (χ3v) is 2.80. The predicted octanol–water partition coefficient (Wildman–Crippen LogP) is 1.30. The van der Waals surface area contributed by atoms with E-state index in [1.807, 2.05) is 13.8 Å². The van der Waals surface area contributed by atoms with Gasteiger partial charge in [0.25, 0.3) is 5.69 Å². The fourth-order valence-corrected chi connectivity index (χ4v) is 1.82. The van der Waals surface area contributed by atoms with Crippen LogP contribution in [0, 0.1) is 10.1 Å². The Morgan fingerprint density at radius 2 is 1.95 bits per heavy atom. The maximum Gasteiger partial charge on any atom is 0.296 e. The first-order valence-corrected chi connectivity index (χ1v) is 6.58. The van der Waals surface area contributed by atoms with E-state index in [1.54, 1.807) is 0 Å². The second-order valence-corrected chi connectivity index (χ2v) is 4.85. The lowest BCUT2D eigenvalue weighted by Crippen LogP contribution is -2.32. The van der Waals surface area contributed by atoms with Crippen LogP contribution < -0.4 is 20.1 Å². The van der Waals surface area contributed by atoms with Crippen LogP contribution in [0.2, 0.25) is 0 Å². The molecule has 0 radical (unpaired) electrons. The highest BCUT2D eigenvalue weighted by Gasteiger charge is 2.23. The number of nitrogens with zero attached hydrogens (tertiary/aromatic N) is 1. The average molecular weight is 295 g/mol. The molecule has 0 spiro atoms. The van der Waals surface area contributed by atoms with Gasteiger partial charge in [0.2, 0.25) is 5.91 Å². The summed E-state index contributed by atoms with van der Waals surface area (Å²) in [6.07, 6.45) is 0. The first kappa shape index (κ1) is 15.0. The van der Waals surface area contributed by atoms with Crippen molar-refractivity contribution in [2.45, 2.75) is 19.9 Å². The molecule has 0 bridgehead atoms. The molecule has 2 rings (SSSR count). The number of benzene rings is 1. The fourth-order valence-electron chi connectivity index (χ4n) is 1.82. The largest absolute Gasteiger partial charge is 0.486 e. The molecule has 1 aromatic rings. The van der Waals surface area contributed by atoms with Crippen molar-refractivity contribution in [2.75, 3.05) is 25.1 Å². The van der Waals surface area contributed by atoms with Gasteiger partial charge in [0.15, 0.2) is 11.5 Å². The molecule has 0 fully saturated rings. The summed E-state index contributed by atoms with van der Waals surface area (Å²) in [7, 11) is 0. The van der Waals surface area contributed by atoms with Crippen molar-refractivity contribution >= 4 is 17.3 Å². The number of carbonyl (C=O) groups excluding carboxylic acids is 1. The summed E-state index contributed by atoms with van der Waals surface area (Å²) in [6, 6.07) is 2.82. The molecular weight excluding hydrogens is 278 g/mol. The lowest BCUT2D eigenvalue weighted by Gasteiger charge is -2.19. The van der Waals surface area contributed by atoms with Crippen LogP contribution in [0.1, 0.15) is 13.8 Å². The van der Waals surface area contributed by atoms with Gasteiger partial charge in [-0.25, -0.2) is 0 Å². The van der Waals surface area contributed by atoms with E-state index in [9.17, 15) is 14.9 Å². The molecule has 114 valence electrons. The van der Waals surface area contributed by atoms with Gasteiger partial charge in [-0.05, 0) is 0 Å². The van der Waals surface area contributed by atoms with Crippen molar-refractivity contribution in [1.29, 1.82) is 0 Å². The summed E-state index contributed by atoms with van der Waals surface area (Å²) in [5, 5.41) is 16.6. The number of anilines is 1. The lowest BCUT2D eigenvalue weighted by molar-refractivity contribution is -0.384. The maximum absolute atomic E-state index is 11.8. The van der Waals surface area contributed by atoms with E-state index in [2.05, 4.69) is 10.6 Å². The summed E-state index contributed by atoms with van der Waals surface area (Å²) in [5.74, 6) is 0.341. The minimum Gasteiger partial charge on any atom is -0.486 e. The summed E-state index contributed by atoms with van der Waals surface area (Å²) in [4.78, 5) is 22.3. The van der Waals surface area contributed by atoms with Crippen LogP contribution in [-0.2, 0) is 4.79 Å². The second kappa shape index (κ2) is 6.40. The van der Waals surface area contributed by atoms with Crippen molar-refractivity contribution in [3.05, 3.63) is 22.2 Å². The molecule has 1 amide bonds. The predicted molar refractivity (Wildman–Crippen MR) is 75.9 cm³/mol. The zero-order valence-electron chi connectivity index (χ0n) is 11.8. The Labute approximate surface area is 121 Å². The molecule has 2 N–H and O–H groups in total. The number of fused-ring (bicyclic) bond motifs is 1. The molecule has 1 aliphatic rings. The van der Waals surface area contributed by atoms with Gasteiger partial charge in [-0.15, -0.1) is 0 Å². The van der Waals surface area contributed by atoms with Gasteiger partial charge >= 0.3 is 0 Å². The highest BCUT2D eigenvalue weighted by molar-refractivity contribution is 5.95. The minimum atomic E-state index is -0.566. The monoisotopic (exact) mass is 295 g/mol. The molecule has 0 aliphatic carbocycles. The Morgan fingerprint density at radius 1 is 1.33 bits per heavy atom. The number of nitrogens with one attached hydrogen (secondary N) is 2. The van der Waals surface area contributed by atoms with E-state index < -0.39 is 4.92 Å². The molecule has 1 heterocycles. The zero-order valence-corrected chi connectivity index (χ0v) is 11.8. The molecule has 8 heteroatoms. The van der Waals surface area contributed by atoms with Crippen LogP contribution in [0.5, 0.6) is 11.5 Å². The number of amides is 1. The number of nitro groups is 1. The zero-order chi connectivity index (χ0) is 15.4. The van der Waals surface area contributed by atoms with Gasteiger partial charge in [0.1, 0.15) is 18.9 Å². The molecule has 1 aromatic carbocycles. The van der Waals surface area contributed by atoms with E-state index in [-0.39, 0.29) is 29.9 Å². The van der Waals surface area contributed by atoms with Gasteiger partial charge < -0.3 is 20.1 Å². The highest BCUT2D eigenvalue weighted by atomic mass is 16.6. The summed E-state index contributed by atoms with van der Waals surface area (Å²) in [5.41, 5.74) is -0.128. The minimum absolute atomic E-state index is 0.0727. The van der Waals surface area contributed by atoms with Crippen molar-refractivity contribution in [3.8, 4) is 11.5 Å². The first-order valence-electron chi connectivity index (χ1n) is 6.58. The number of nitro benzene ring substituents is 1. The van der Waals surface area contributed by atoms with Crippen LogP contribution in [0.25, 0.3) is 0 Å². The Balaban J connectivity index is 2.20. The fraction of sp³-hybridized carbons (Fsp3) is 0.462. The Morgan fingerprint density at radius 3 is 2.52 bits per heavy atom. The molecule has 0 atom stereocenters. The highest BCUT2D eigenvalue weighted by Crippen LogP contribution is 2.39. The molecule has 0 saturated carbocycles. The van der Waals surface area contributed by atoms with Crippen LogP contribution in [-0.4, -0.2) is 36.6 Å². The molecule has 21 heavy (non-hydrogen) atoms. The lowest BCUT2D eigenvalue weighted by atomic mass is 10.2. The summed E-state index contributed by atoms with van der Waals surface area (Å²) < 4.78 is 10.7. The molecular formula is C13H17N3O5. The van der Waals surface area contributed by atoms with E-state index in [0.29, 0.717) is 24.7 Å². The van der Waals surface area contributed by atoms with Crippen LogP contribution in [0.3, 0.4) is 0 Å². The van der Waals surface area contributed by atoms with Gasteiger partial charge in [0.05, 0.1) is 17.5 Å². The van der Waals surface area contributed by atoms with Crippen molar-refractivity contribution in [3.63, 3.8) is 0 Å².